The lowest BCUT2D eigenvalue weighted by Crippen LogP contribution is -1.91. The minimum atomic E-state index is -0.349. The number of nitro benzene ring substituents is 1. The van der Waals surface area contributed by atoms with E-state index < -0.39 is 0 Å². The number of nitro groups is 1. The number of aryl methyl sites for hydroxylation is 1. The number of benzene rings is 2. The molecule has 0 atom stereocenters. The molecule has 1 aliphatic rings. The molecule has 0 bridgehead atoms. The van der Waals surface area contributed by atoms with Crippen molar-refractivity contribution in [2.45, 2.75) is 13.3 Å². The van der Waals surface area contributed by atoms with Crippen molar-refractivity contribution in [3.05, 3.63) is 57.6 Å². The molecule has 2 aromatic carbocycles. The van der Waals surface area contributed by atoms with Crippen LogP contribution in [0.3, 0.4) is 0 Å². The molecule has 19 heavy (non-hydrogen) atoms. The normalized spacial score (nSPS) is 12.9. The molecule has 0 radical (unpaired) electrons. The van der Waals surface area contributed by atoms with Crippen molar-refractivity contribution >= 4 is 11.4 Å². The molecule has 0 spiro atoms. The number of rotatable bonds is 2. The van der Waals surface area contributed by atoms with E-state index in [4.69, 9.17) is 0 Å². The van der Waals surface area contributed by atoms with Gasteiger partial charge in [-0.25, -0.2) is 0 Å². The van der Waals surface area contributed by atoms with Crippen molar-refractivity contribution in [2.24, 2.45) is 0 Å². The van der Waals surface area contributed by atoms with Crippen LogP contribution in [0.2, 0.25) is 0 Å². The minimum Gasteiger partial charge on any atom is -0.384 e. The smallest absolute Gasteiger partial charge is 0.270 e. The monoisotopic (exact) mass is 254 g/mol. The maximum atomic E-state index is 10.9. The molecule has 4 nitrogen and oxygen atoms in total. The summed E-state index contributed by atoms with van der Waals surface area (Å²) in [5.41, 5.74) is 5.62. The van der Waals surface area contributed by atoms with Gasteiger partial charge in [0, 0.05) is 24.4 Å². The summed E-state index contributed by atoms with van der Waals surface area (Å²) in [6.45, 7) is 2.94. The van der Waals surface area contributed by atoms with E-state index in [2.05, 4.69) is 17.4 Å². The number of fused-ring (bicyclic) bond motifs is 1. The summed E-state index contributed by atoms with van der Waals surface area (Å²) < 4.78 is 0. The fourth-order valence-electron chi connectivity index (χ4n) is 2.51. The Labute approximate surface area is 111 Å². The summed E-state index contributed by atoms with van der Waals surface area (Å²) in [6.07, 6.45) is 1.01. The first-order valence-electron chi connectivity index (χ1n) is 6.27. The lowest BCUT2D eigenvalue weighted by atomic mass is 9.97. The minimum absolute atomic E-state index is 0.138. The highest BCUT2D eigenvalue weighted by Crippen LogP contribution is 2.32. The summed E-state index contributed by atoms with van der Waals surface area (Å²) in [5, 5.41) is 14.2. The fourth-order valence-corrected chi connectivity index (χ4v) is 2.51. The van der Waals surface area contributed by atoms with E-state index in [9.17, 15) is 10.1 Å². The van der Waals surface area contributed by atoms with E-state index in [1.165, 1.54) is 11.3 Å². The lowest BCUT2D eigenvalue weighted by Gasteiger charge is -2.08. The van der Waals surface area contributed by atoms with Gasteiger partial charge < -0.3 is 5.32 Å². The number of hydrogen-bond acceptors (Lipinski definition) is 3. The van der Waals surface area contributed by atoms with Gasteiger partial charge in [0.05, 0.1) is 4.92 Å². The third-order valence-corrected chi connectivity index (χ3v) is 3.56. The van der Waals surface area contributed by atoms with Crippen LogP contribution in [0, 0.1) is 17.0 Å². The molecule has 3 rings (SSSR count). The molecule has 0 aromatic heterocycles. The van der Waals surface area contributed by atoms with Crippen LogP contribution in [-0.4, -0.2) is 11.5 Å². The Hall–Kier alpha value is -2.36. The highest BCUT2D eigenvalue weighted by molar-refractivity contribution is 5.73. The molecule has 0 amide bonds. The summed E-state index contributed by atoms with van der Waals surface area (Å²) in [4.78, 5) is 10.5. The maximum Gasteiger partial charge on any atom is 0.270 e. The van der Waals surface area contributed by atoms with Gasteiger partial charge in [0.2, 0.25) is 0 Å². The zero-order valence-electron chi connectivity index (χ0n) is 10.6. The van der Waals surface area contributed by atoms with Gasteiger partial charge in [-0.3, -0.25) is 10.1 Å². The van der Waals surface area contributed by atoms with E-state index >= 15 is 0 Å². The largest absolute Gasteiger partial charge is 0.384 e. The Kier molecular flexibility index (Phi) is 2.71. The number of non-ortho nitro benzene ring substituents is 1. The molecule has 0 saturated heterocycles. The first-order valence-corrected chi connectivity index (χ1v) is 6.27. The number of hydrogen-bond donors (Lipinski definition) is 1. The van der Waals surface area contributed by atoms with Crippen LogP contribution in [0.1, 0.15) is 11.1 Å². The standard InChI is InChI=1S/C15H14N2O2/c1-10-2-4-13(17(18)19)9-14(10)11-3-5-15-12(8-11)6-7-16-15/h2-5,8-9,16H,6-7H2,1H3. The van der Waals surface area contributed by atoms with Gasteiger partial charge in [0.15, 0.2) is 0 Å². The Morgan fingerprint density at radius 3 is 2.84 bits per heavy atom. The van der Waals surface area contributed by atoms with E-state index in [1.807, 2.05) is 13.0 Å². The van der Waals surface area contributed by atoms with Crippen LogP contribution in [0.15, 0.2) is 36.4 Å². The summed E-state index contributed by atoms with van der Waals surface area (Å²) >= 11 is 0. The number of anilines is 1. The second kappa shape index (κ2) is 4.39. The van der Waals surface area contributed by atoms with Crippen LogP contribution < -0.4 is 5.32 Å². The van der Waals surface area contributed by atoms with Crippen molar-refractivity contribution in [1.82, 2.24) is 0 Å². The molecular weight excluding hydrogens is 240 g/mol. The van der Waals surface area contributed by atoms with Crippen molar-refractivity contribution in [3.63, 3.8) is 0 Å². The molecule has 96 valence electrons. The Morgan fingerprint density at radius 2 is 2.05 bits per heavy atom. The Bertz CT molecular complexity index is 665. The highest BCUT2D eigenvalue weighted by atomic mass is 16.6. The summed E-state index contributed by atoms with van der Waals surface area (Å²) in [5.74, 6) is 0. The molecule has 0 saturated carbocycles. The predicted molar refractivity (Wildman–Crippen MR) is 75.5 cm³/mol. The van der Waals surface area contributed by atoms with Crippen LogP contribution >= 0.6 is 0 Å². The van der Waals surface area contributed by atoms with Gasteiger partial charge in [-0.1, -0.05) is 12.1 Å². The average Bonchev–Trinajstić information content (AvgIpc) is 2.86. The zero-order chi connectivity index (χ0) is 13.4. The van der Waals surface area contributed by atoms with Crippen molar-refractivity contribution in [2.75, 3.05) is 11.9 Å². The average molecular weight is 254 g/mol. The summed E-state index contributed by atoms with van der Waals surface area (Å²) in [6, 6.07) is 11.2. The van der Waals surface area contributed by atoms with Crippen LogP contribution in [-0.2, 0) is 6.42 Å². The Morgan fingerprint density at radius 1 is 1.21 bits per heavy atom. The second-order valence-electron chi connectivity index (χ2n) is 4.81. The molecule has 0 unspecified atom stereocenters. The quantitative estimate of drug-likeness (QED) is 0.658. The van der Waals surface area contributed by atoms with Crippen molar-refractivity contribution in [3.8, 4) is 11.1 Å². The van der Waals surface area contributed by atoms with Gasteiger partial charge in [0.1, 0.15) is 0 Å². The molecular formula is C15H14N2O2. The van der Waals surface area contributed by atoms with Crippen LogP contribution in [0.4, 0.5) is 11.4 Å². The third kappa shape index (κ3) is 2.05. The summed E-state index contributed by atoms with van der Waals surface area (Å²) in [7, 11) is 0. The lowest BCUT2D eigenvalue weighted by molar-refractivity contribution is -0.384. The van der Waals surface area contributed by atoms with E-state index in [-0.39, 0.29) is 10.6 Å². The predicted octanol–water partition coefficient (Wildman–Crippen LogP) is 3.54. The number of nitrogens with one attached hydrogen (secondary N) is 1. The van der Waals surface area contributed by atoms with Crippen molar-refractivity contribution in [1.29, 1.82) is 0 Å². The van der Waals surface area contributed by atoms with Crippen LogP contribution in [0.25, 0.3) is 11.1 Å². The molecule has 0 aliphatic carbocycles. The fraction of sp³-hybridized carbons (Fsp3) is 0.200. The zero-order valence-corrected chi connectivity index (χ0v) is 10.6. The van der Waals surface area contributed by atoms with Crippen molar-refractivity contribution < 1.29 is 4.92 Å². The topological polar surface area (TPSA) is 55.2 Å². The van der Waals surface area contributed by atoms with Gasteiger partial charge in [-0.05, 0) is 47.7 Å². The molecule has 2 aromatic rings. The van der Waals surface area contributed by atoms with Gasteiger partial charge in [-0.2, -0.15) is 0 Å². The second-order valence-corrected chi connectivity index (χ2v) is 4.81. The maximum absolute atomic E-state index is 10.9. The number of nitrogens with zero attached hydrogens (tertiary/aromatic N) is 1. The Balaban J connectivity index is 2.11. The van der Waals surface area contributed by atoms with Gasteiger partial charge in [-0.15, -0.1) is 0 Å². The molecule has 0 fully saturated rings. The van der Waals surface area contributed by atoms with Gasteiger partial charge >= 0.3 is 0 Å². The van der Waals surface area contributed by atoms with Gasteiger partial charge in [0.25, 0.3) is 5.69 Å². The molecule has 1 N–H and O–H groups in total. The van der Waals surface area contributed by atoms with Crippen LogP contribution in [0.5, 0.6) is 0 Å². The van der Waals surface area contributed by atoms with E-state index in [0.29, 0.717) is 0 Å². The highest BCUT2D eigenvalue weighted by Gasteiger charge is 2.14. The molecule has 4 heteroatoms. The van der Waals surface area contributed by atoms with E-state index in [0.717, 1.165) is 29.7 Å². The first-order chi connectivity index (χ1) is 9.15. The SMILES string of the molecule is Cc1ccc([N+](=O)[O-])cc1-c1ccc2c(c1)CCN2. The first kappa shape index (κ1) is 11.7. The molecule has 1 aliphatic heterocycles. The van der Waals surface area contributed by atoms with E-state index in [1.54, 1.807) is 18.2 Å². The molecule has 1 heterocycles. The third-order valence-electron chi connectivity index (χ3n) is 3.56.